The summed E-state index contributed by atoms with van der Waals surface area (Å²) < 4.78 is 2.72. The second kappa shape index (κ2) is 11.7. The van der Waals surface area contributed by atoms with Crippen molar-refractivity contribution in [2.75, 3.05) is 4.90 Å². The minimum atomic E-state index is 0.123. The van der Waals surface area contributed by atoms with Crippen LogP contribution in [0.1, 0.15) is 93.4 Å². The Morgan fingerprint density at radius 2 is 1.30 bits per heavy atom. The fourth-order valence-electron chi connectivity index (χ4n) is 14.6. The van der Waals surface area contributed by atoms with Gasteiger partial charge in [-0.05, 0) is 155 Å². The molecule has 0 radical (unpaired) electrons. The zero-order valence-corrected chi connectivity index (χ0v) is 33.3. The summed E-state index contributed by atoms with van der Waals surface area (Å²) in [5.41, 5.74) is 16.4. The second-order valence-corrected chi connectivity index (χ2v) is 19.7. The Labute approximate surface area is 335 Å². The number of nitrogens with zero attached hydrogens (tertiary/aromatic N) is 1. The number of thiophene rings is 1. The maximum Gasteiger partial charge on any atom is 0.0554 e. The van der Waals surface area contributed by atoms with E-state index in [0.29, 0.717) is 5.92 Å². The molecule has 4 saturated carbocycles. The monoisotopic (exact) mass is 743 g/mol. The molecule has 6 aliphatic rings. The Morgan fingerprint density at radius 1 is 0.571 bits per heavy atom. The quantitative estimate of drug-likeness (QED) is 0.174. The van der Waals surface area contributed by atoms with Gasteiger partial charge in [0.15, 0.2) is 0 Å². The molecule has 7 atom stereocenters. The van der Waals surface area contributed by atoms with Crippen LogP contribution in [-0.4, -0.2) is 0 Å². The third kappa shape index (κ3) is 4.07. The average Bonchev–Trinajstić information content (AvgIpc) is 4.07. The van der Waals surface area contributed by atoms with Gasteiger partial charge in [0, 0.05) is 42.4 Å². The molecule has 6 aliphatic carbocycles. The Bertz CT molecular complexity index is 2750. The lowest BCUT2D eigenvalue weighted by Crippen LogP contribution is -2.48. The molecule has 4 fully saturated rings. The van der Waals surface area contributed by atoms with E-state index < -0.39 is 0 Å². The summed E-state index contributed by atoms with van der Waals surface area (Å²) in [6.45, 7) is 2.48. The van der Waals surface area contributed by atoms with Gasteiger partial charge in [0.2, 0.25) is 0 Å². The van der Waals surface area contributed by atoms with Gasteiger partial charge in [0.1, 0.15) is 0 Å². The molecule has 7 unspecified atom stereocenters. The summed E-state index contributed by atoms with van der Waals surface area (Å²) in [5.74, 6) is 3.90. The number of hydrogen-bond donors (Lipinski definition) is 0. The van der Waals surface area contributed by atoms with Crippen molar-refractivity contribution in [1.82, 2.24) is 0 Å². The smallest absolute Gasteiger partial charge is 0.0554 e. The number of fused-ring (bicyclic) bond motifs is 19. The minimum absolute atomic E-state index is 0.123. The first kappa shape index (κ1) is 32.4. The van der Waals surface area contributed by atoms with Gasteiger partial charge in [-0.15, -0.1) is 11.3 Å². The largest absolute Gasteiger partial charge is 0.310 e. The molecule has 1 nitrogen and oxygen atoms in total. The lowest BCUT2D eigenvalue weighted by molar-refractivity contribution is 0.0557. The molecule has 0 aliphatic heterocycles. The van der Waals surface area contributed by atoms with Crippen LogP contribution < -0.4 is 4.90 Å². The third-order valence-electron chi connectivity index (χ3n) is 16.5. The van der Waals surface area contributed by atoms with Crippen molar-refractivity contribution in [3.8, 4) is 22.3 Å². The molecule has 2 spiro atoms. The number of anilines is 3. The summed E-state index contributed by atoms with van der Waals surface area (Å²) >= 11 is 1.93. The average molecular weight is 744 g/mol. The van der Waals surface area contributed by atoms with E-state index in [1.54, 1.807) is 22.3 Å². The molecular weight excluding hydrogens is 695 g/mol. The van der Waals surface area contributed by atoms with Crippen molar-refractivity contribution in [3.63, 3.8) is 0 Å². The van der Waals surface area contributed by atoms with Crippen molar-refractivity contribution in [2.45, 2.75) is 82.0 Å². The van der Waals surface area contributed by atoms with Crippen LogP contribution in [0.3, 0.4) is 0 Å². The number of hydrogen-bond acceptors (Lipinski definition) is 2. The number of rotatable bonds is 4. The van der Waals surface area contributed by atoms with Gasteiger partial charge in [-0.2, -0.15) is 0 Å². The molecule has 56 heavy (non-hydrogen) atoms. The van der Waals surface area contributed by atoms with E-state index in [9.17, 15) is 0 Å². The van der Waals surface area contributed by atoms with Gasteiger partial charge in [0.05, 0.1) is 5.69 Å². The molecule has 0 amide bonds. The van der Waals surface area contributed by atoms with Crippen molar-refractivity contribution in [1.29, 1.82) is 0 Å². The molecule has 2 heteroatoms. The topological polar surface area (TPSA) is 3.24 Å². The van der Waals surface area contributed by atoms with E-state index in [-0.39, 0.29) is 10.8 Å². The van der Waals surface area contributed by atoms with E-state index >= 15 is 0 Å². The molecule has 7 aromatic rings. The molecule has 0 saturated heterocycles. The highest BCUT2D eigenvalue weighted by Crippen LogP contribution is 2.67. The molecule has 1 aromatic heterocycles. The van der Waals surface area contributed by atoms with Crippen LogP contribution in [-0.2, 0) is 10.8 Å². The van der Waals surface area contributed by atoms with Gasteiger partial charge in [0.25, 0.3) is 0 Å². The highest BCUT2D eigenvalue weighted by Gasteiger charge is 2.58. The Morgan fingerprint density at radius 3 is 2.16 bits per heavy atom. The molecule has 13 rings (SSSR count). The molecular formula is C54H49NS. The Hall–Kier alpha value is -4.66. The molecule has 1 heterocycles. The summed E-state index contributed by atoms with van der Waals surface area (Å²) in [7, 11) is 0. The normalized spacial score (nSPS) is 28.9. The van der Waals surface area contributed by atoms with E-state index in [4.69, 9.17) is 0 Å². The first-order valence-electron chi connectivity index (χ1n) is 21.9. The van der Waals surface area contributed by atoms with Crippen LogP contribution >= 0.6 is 11.3 Å². The van der Waals surface area contributed by atoms with Crippen molar-refractivity contribution < 1.29 is 0 Å². The Balaban J connectivity index is 1.06. The van der Waals surface area contributed by atoms with Crippen LogP contribution in [0.25, 0.3) is 42.4 Å². The van der Waals surface area contributed by atoms with Gasteiger partial charge in [-0.25, -0.2) is 0 Å². The van der Waals surface area contributed by atoms with Crippen molar-refractivity contribution >= 4 is 48.6 Å². The summed E-state index contributed by atoms with van der Waals surface area (Å²) in [4.78, 5) is 2.66. The van der Waals surface area contributed by atoms with Crippen LogP contribution in [0, 0.1) is 29.6 Å². The Kier molecular flexibility index (Phi) is 6.78. The van der Waals surface area contributed by atoms with E-state index in [1.165, 1.54) is 124 Å². The molecule has 6 aromatic carbocycles. The summed E-state index contributed by atoms with van der Waals surface area (Å²) in [6, 6.07) is 50.5. The van der Waals surface area contributed by atoms with Gasteiger partial charge >= 0.3 is 0 Å². The molecule has 0 N–H and O–H groups in total. The zero-order valence-electron chi connectivity index (χ0n) is 32.4. The number of benzene rings is 6. The van der Waals surface area contributed by atoms with Crippen LogP contribution in [0.5, 0.6) is 0 Å². The predicted molar refractivity (Wildman–Crippen MR) is 236 cm³/mol. The fourth-order valence-corrected chi connectivity index (χ4v) is 15.7. The van der Waals surface area contributed by atoms with Crippen molar-refractivity contribution in [2.24, 2.45) is 29.6 Å². The van der Waals surface area contributed by atoms with Crippen LogP contribution in [0.2, 0.25) is 0 Å². The van der Waals surface area contributed by atoms with Gasteiger partial charge in [-0.3, -0.25) is 0 Å². The lowest BCUT2D eigenvalue weighted by Gasteiger charge is -2.54. The van der Waals surface area contributed by atoms with E-state index in [2.05, 4.69) is 139 Å². The first-order chi connectivity index (χ1) is 27.7. The standard InChI is InChI=1S/C54H49NS/c1-2-35-27-33-11-9-12-37(28-33)54(35)46-17-7-4-14-41(46)44-30-38(24-26-47(44)54)55(49-18-10-20-51-52(49)43-15-5-8-19-50(43)56-51)39-23-25-42-40-13-3-6-16-45(40)53(48(42)31-39)32-34-21-22-36(53)29-34/h3-8,10,13-20,23-26,30-31,33-37H,2,9,11-12,21-22,27-29,32H2,1H3. The predicted octanol–water partition coefficient (Wildman–Crippen LogP) is 15.1. The highest BCUT2D eigenvalue weighted by atomic mass is 32.1. The van der Waals surface area contributed by atoms with Crippen LogP contribution in [0.15, 0.2) is 127 Å². The lowest BCUT2D eigenvalue weighted by atomic mass is 9.50. The highest BCUT2D eigenvalue weighted by molar-refractivity contribution is 7.26. The van der Waals surface area contributed by atoms with Gasteiger partial charge < -0.3 is 4.90 Å². The third-order valence-corrected chi connectivity index (χ3v) is 17.6. The fraction of sp³-hybridized carbons (Fsp3) is 0.333. The zero-order chi connectivity index (χ0) is 36.8. The van der Waals surface area contributed by atoms with E-state index in [1.807, 2.05) is 11.3 Å². The first-order valence-corrected chi connectivity index (χ1v) is 22.7. The maximum atomic E-state index is 2.66. The maximum absolute atomic E-state index is 2.66. The van der Waals surface area contributed by atoms with Crippen LogP contribution in [0.4, 0.5) is 17.1 Å². The van der Waals surface area contributed by atoms with Crippen molar-refractivity contribution in [3.05, 3.63) is 150 Å². The molecule has 4 bridgehead atoms. The second-order valence-electron chi connectivity index (χ2n) is 18.6. The van der Waals surface area contributed by atoms with Gasteiger partial charge in [-0.1, -0.05) is 118 Å². The minimum Gasteiger partial charge on any atom is -0.310 e. The summed E-state index contributed by atoms with van der Waals surface area (Å²) in [5, 5.41) is 2.73. The SMILES string of the molecule is CCC1CC2CCCC(C2)C12c1ccccc1-c1cc(N(c3ccc4c(c3)C3(CC5CCC3C5)c3ccccc3-4)c3cccc4sc5ccccc5c34)ccc12. The molecule has 276 valence electrons. The van der Waals surface area contributed by atoms with E-state index in [0.717, 1.165) is 23.7 Å². The summed E-state index contributed by atoms with van der Waals surface area (Å²) in [6.07, 6.45) is 13.7.